The Labute approximate surface area is 96.4 Å². The molecule has 1 N–H and O–H groups in total. The van der Waals surface area contributed by atoms with Crippen molar-refractivity contribution in [1.29, 1.82) is 0 Å². The Kier molecular flexibility index (Phi) is 4.84. The second kappa shape index (κ2) is 6.16. The third-order valence-electron chi connectivity index (χ3n) is 2.32. The van der Waals surface area contributed by atoms with Gasteiger partial charge in [0.25, 0.3) is 0 Å². The lowest BCUT2D eigenvalue weighted by Gasteiger charge is -2.08. The summed E-state index contributed by atoms with van der Waals surface area (Å²) in [6.07, 6.45) is 1.41. The summed E-state index contributed by atoms with van der Waals surface area (Å²) in [5, 5.41) is 6.81. The number of oxime groups is 1. The fraction of sp³-hybridized carbons (Fsp3) is 0.667. The molecule has 1 amide bonds. The Hall–Kier alpha value is -1.50. The molecule has 4 heteroatoms. The fourth-order valence-electron chi connectivity index (χ4n) is 1.40. The second-order valence-electron chi connectivity index (χ2n) is 4.11. The minimum atomic E-state index is 0.0926. The molecule has 88 valence electrons. The van der Waals surface area contributed by atoms with Gasteiger partial charge in [0.2, 0.25) is 5.91 Å². The van der Waals surface area contributed by atoms with E-state index in [1.54, 1.807) is 6.92 Å². The van der Waals surface area contributed by atoms with Gasteiger partial charge in [-0.2, -0.15) is 0 Å². The topological polar surface area (TPSA) is 50.7 Å². The summed E-state index contributed by atoms with van der Waals surface area (Å²) in [5.74, 6) is 6.06. The van der Waals surface area contributed by atoms with Gasteiger partial charge in [-0.15, -0.1) is 0 Å². The highest BCUT2D eigenvalue weighted by molar-refractivity contribution is 6.01. The minimum absolute atomic E-state index is 0.0926. The molecular formula is C12H18N2O2. The van der Waals surface area contributed by atoms with Crippen LogP contribution in [0.3, 0.4) is 0 Å². The van der Waals surface area contributed by atoms with Gasteiger partial charge in [-0.25, -0.2) is 0 Å². The van der Waals surface area contributed by atoms with Crippen molar-refractivity contribution in [3.8, 4) is 11.8 Å². The zero-order valence-electron chi connectivity index (χ0n) is 10.0. The molecule has 4 nitrogen and oxygen atoms in total. The predicted molar refractivity (Wildman–Crippen MR) is 62.8 cm³/mol. The number of hydrogen-bond donors (Lipinski definition) is 1. The summed E-state index contributed by atoms with van der Waals surface area (Å²) in [6.45, 7) is 6.23. The number of carbonyl (C=O) groups is 1. The highest BCUT2D eigenvalue weighted by Crippen LogP contribution is 2.07. The van der Waals surface area contributed by atoms with Crippen LogP contribution in [-0.2, 0) is 9.63 Å². The van der Waals surface area contributed by atoms with E-state index in [1.807, 2.05) is 13.8 Å². The number of hydrogen-bond acceptors (Lipinski definition) is 3. The zero-order valence-corrected chi connectivity index (χ0v) is 10.0. The van der Waals surface area contributed by atoms with Crippen molar-refractivity contribution < 1.29 is 9.63 Å². The van der Waals surface area contributed by atoms with Gasteiger partial charge in [0, 0.05) is 12.3 Å². The minimum Gasteiger partial charge on any atom is -0.393 e. The largest absolute Gasteiger partial charge is 0.393 e. The van der Waals surface area contributed by atoms with E-state index in [-0.39, 0.29) is 17.9 Å². The summed E-state index contributed by atoms with van der Waals surface area (Å²) in [5.41, 5.74) is 0.742. The molecule has 0 saturated carbocycles. The van der Waals surface area contributed by atoms with Crippen LogP contribution in [0.15, 0.2) is 5.16 Å². The quantitative estimate of drug-likeness (QED) is 0.443. The van der Waals surface area contributed by atoms with Crippen LogP contribution in [0.2, 0.25) is 0 Å². The first-order valence-corrected chi connectivity index (χ1v) is 5.55. The van der Waals surface area contributed by atoms with Crippen LogP contribution in [0.25, 0.3) is 0 Å². The fourth-order valence-corrected chi connectivity index (χ4v) is 1.40. The molecule has 1 fully saturated rings. The molecule has 1 atom stereocenters. The average molecular weight is 222 g/mol. The van der Waals surface area contributed by atoms with Gasteiger partial charge < -0.3 is 10.2 Å². The van der Waals surface area contributed by atoms with Gasteiger partial charge in [-0.3, -0.25) is 4.79 Å². The molecule has 0 aliphatic carbocycles. The third kappa shape index (κ3) is 3.93. The van der Waals surface area contributed by atoms with E-state index in [0.29, 0.717) is 13.0 Å². The smallest absolute Gasteiger partial charge is 0.220 e. The second-order valence-corrected chi connectivity index (χ2v) is 4.11. The Bertz CT molecular complexity index is 337. The Morgan fingerprint density at radius 1 is 1.69 bits per heavy atom. The van der Waals surface area contributed by atoms with E-state index >= 15 is 0 Å². The molecule has 0 aromatic heterocycles. The number of carbonyl (C=O) groups excluding carboxylic acids is 1. The summed E-state index contributed by atoms with van der Waals surface area (Å²) < 4.78 is 0. The number of nitrogens with zero attached hydrogens (tertiary/aromatic N) is 1. The van der Waals surface area contributed by atoms with Gasteiger partial charge in [-0.05, 0) is 19.3 Å². The van der Waals surface area contributed by atoms with E-state index in [1.165, 1.54) is 0 Å². The number of nitrogens with one attached hydrogen (secondary N) is 1. The van der Waals surface area contributed by atoms with Crippen molar-refractivity contribution in [3.63, 3.8) is 0 Å². The molecule has 0 aromatic carbocycles. The molecular weight excluding hydrogens is 204 g/mol. The molecule has 1 aliphatic rings. The highest BCUT2D eigenvalue weighted by atomic mass is 16.6. The van der Waals surface area contributed by atoms with Crippen LogP contribution in [0.4, 0.5) is 0 Å². The Morgan fingerprint density at radius 2 is 2.44 bits per heavy atom. The SMILES string of the molecule is CC#C/C(=N\OC[C@@H]1CCC(=O)N1)C(C)C. The first kappa shape index (κ1) is 12.6. The van der Waals surface area contributed by atoms with Gasteiger partial charge in [0.15, 0.2) is 0 Å². The van der Waals surface area contributed by atoms with Gasteiger partial charge >= 0.3 is 0 Å². The first-order chi connectivity index (χ1) is 7.63. The molecule has 0 aromatic rings. The summed E-state index contributed by atoms with van der Waals surface area (Å²) in [6, 6.07) is 0.0965. The monoisotopic (exact) mass is 222 g/mol. The highest BCUT2D eigenvalue weighted by Gasteiger charge is 2.21. The van der Waals surface area contributed by atoms with Gasteiger partial charge in [0.1, 0.15) is 12.3 Å². The average Bonchev–Trinajstić information content (AvgIpc) is 2.63. The molecule has 0 spiro atoms. The lowest BCUT2D eigenvalue weighted by Crippen LogP contribution is -2.29. The van der Waals surface area contributed by atoms with E-state index in [2.05, 4.69) is 22.3 Å². The van der Waals surface area contributed by atoms with Crippen molar-refractivity contribution in [2.45, 2.75) is 39.7 Å². The van der Waals surface area contributed by atoms with Crippen LogP contribution in [0.1, 0.15) is 33.6 Å². The summed E-state index contributed by atoms with van der Waals surface area (Å²) >= 11 is 0. The normalized spacial score (nSPS) is 20.4. The Morgan fingerprint density at radius 3 is 2.94 bits per heavy atom. The van der Waals surface area contributed by atoms with Crippen molar-refractivity contribution in [2.75, 3.05) is 6.61 Å². The molecule has 1 aliphatic heterocycles. The van der Waals surface area contributed by atoms with E-state index in [9.17, 15) is 4.79 Å². The van der Waals surface area contributed by atoms with Crippen molar-refractivity contribution >= 4 is 11.6 Å². The van der Waals surface area contributed by atoms with Crippen LogP contribution in [0.5, 0.6) is 0 Å². The van der Waals surface area contributed by atoms with Crippen LogP contribution >= 0.6 is 0 Å². The molecule has 1 saturated heterocycles. The maximum atomic E-state index is 10.9. The maximum Gasteiger partial charge on any atom is 0.220 e. The van der Waals surface area contributed by atoms with Crippen LogP contribution < -0.4 is 5.32 Å². The number of amides is 1. The lowest BCUT2D eigenvalue weighted by molar-refractivity contribution is -0.119. The van der Waals surface area contributed by atoms with Crippen LogP contribution in [0, 0.1) is 17.8 Å². The molecule has 1 rings (SSSR count). The Balaban J connectivity index is 2.38. The molecule has 0 radical (unpaired) electrons. The lowest BCUT2D eigenvalue weighted by atomic mass is 10.1. The third-order valence-corrected chi connectivity index (χ3v) is 2.32. The standard InChI is InChI=1S/C12H18N2O2/c1-4-5-11(9(2)3)14-16-8-10-6-7-12(15)13-10/h9-10H,6-8H2,1-3H3,(H,13,15)/b14-11+/t10-/m0/s1. The van der Waals surface area contributed by atoms with Crippen molar-refractivity contribution in [2.24, 2.45) is 11.1 Å². The molecule has 0 bridgehead atoms. The number of rotatable bonds is 4. The van der Waals surface area contributed by atoms with Crippen molar-refractivity contribution in [1.82, 2.24) is 5.32 Å². The molecule has 16 heavy (non-hydrogen) atoms. The van der Waals surface area contributed by atoms with E-state index in [0.717, 1.165) is 12.1 Å². The van der Waals surface area contributed by atoms with Gasteiger partial charge in [-0.1, -0.05) is 24.9 Å². The molecule has 1 heterocycles. The van der Waals surface area contributed by atoms with Crippen molar-refractivity contribution in [3.05, 3.63) is 0 Å². The molecule has 0 unspecified atom stereocenters. The van der Waals surface area contributed by atoms with Gasteiger partial charge in [0.05, 0.1) is 6.04 Å². The maximum absolute atomic E-state index is 10.9. The summed E-state index contributed by atoms with van der Waals surface area (Å²) in [4.78, 5) is 16.1. The van der Waals surface area contributed by atoms with E-state index in [4.69, 9.17) is 4.84 Å². The summed E-state index contributed by atoms with van der Waals surface area (Å²) in [7, 11) is 0. The first-order valence-electron chi connectivity index (χ1n) is 5.55. The predicted octanol–water partition coefficient (Wildman–Crippen LogP) is 1.32. The van der Waals surface area contributed by atoms with Crippen LogP contribution in [-0.4, -0.2) is 24.3 Å². The van der Waals surface area contributed by atoms with E-state index < -0.39 is 0 Å². The zero-order chi connectivity index (χ0) is 12.0.